The summed E-state index contributed by atoms with van der Waals surface area (Å²) in [5.41, 5.74) is 6.74. The van der Waals surface area contributed by atoms with Crippen molar-refractivity contribution in [3.63, 3.8) is 0 Å². The Morgan fingerprint density at radius 2 is 2.40 bits per heavy atom. The highest BCUT2D eigenvalue weighted by atomic mass is 32.1. The van der Waals surface area contributed by atoms with Crippen LogP contribution in [0.1, 0.15) is 25.5 Å². The first-order valence-electron chi connectivity index (χ1n) is 7.00. The van der Waals surface area contributed by atoms with E-state index in [9.17, 15) is 0 Å². The van der Waals surface area contributed by atoms with Gasteiger partial charge >= 0.3 is 0 Å². The van der Waals surface area contributed by atoms with Crippen LogP contribution in [-0.2, 0) is 6.42 Å². The average molecular weight is 293 g/mol. The third kappa shape index (κ3) is 2.53. The molecule has 3 heterocycles. The minimum absolute atomic E-state index is 0.543. The Hall–Kier alpha value is -1.54. The van der Waals surface area contributed by atoms with Crippen molar-refractivity contribution >= 4 is 17.5 Å². The predicted octanol–water partition coefficient (Wildman–Crippen LogP) is 1.06. The Balaban J connectivity index is 1.80. The van der Waals surface area contributed by atoms with Gasteiger partial charge in [0.15, 0.2) is 5.82 Å². The number of aromatic amines is 1. The maximum Gasteiger partial charge on any atom is 0.245 e. The highest BCUT2D eigenvalue weighted by Crippen LogP contribution is 2.26. The zero-order valence-electron chi connectivity index (χ0n) is 11.5. The first-order chi connectivity index (χ1) is 9.81. The molecule has 0 saturated carbocycles. The van der Waals surface area contributed by atoms with Crippen LogP contribution in [-0.4, -0.2) is 44.4 Å². The largest absolute Gasteiger partial charge is 0.339 e. The number of piperidine rings is 1. The van der Waals surface area contributed by atoms with Gasteiger partial charge in [0.2, 0.25) is 5.95 Å². The van der Waals surface area contributed by atoms with Crippen molar-refractivity contribution in [2.75, 3.05) is 24.5 Å². The van der Waals surface area contributed by atoms with Crippen LogP contribution in [0.5, 0.6) is 0 Å². The van der Waals surface area contributed by atoms with Gasteiger partial charge in [-0.3, -0.25) is 5.10 Å². The van der Waals surface area contributed by atoms with Crippen LogP contribution >= 0.6 is 11.5 Å². The van der Waals surface area contributed by atoms with Gasteiger partial charge < -0.3 is 10.6 Å². The summed E-state index contributed by atoms with van der Waals surface area (Å²) in [4.78, 5) is 7.80. The number of nitrogens with one attached hydrogen (secondary N) is 1. The third-order valence-corrected chi connectivity index (χ3v) is 4.49. The topological polar surface area (TPSA) is 96.6 Å². The third-order valence-electron chi connectivity index (χ3n) is 3.71. The van der Waals surface area contributed by atoms with Gasteiger partial charge in [0.1, 0.15) is 4.88 Å². The van der Waals surface area contributed by atoms with Gasteiger partial charge in [0.25, 0.3) is 0 Å². The molecule has 0 radical (unpaired) electrons. The van der Waals surface area contributed by atoms with Crippen molar-refractivity contribution < 1.29 is 0 Å². The minimum Gasteiger partial charge on any atom is -0.339 e. The van der Waals surface area contributed by atoms with Crippen LogP contribution in [0.2, 0.25) is 0 Å². The molecule has 1 unspecified atom stereocenters. The first-order valence-corrected chi connectivity index (χ1v) is 7.78. The van der Waals surface area contributed by atoms with Crippen LogP contribution in [0.3, 0.4) is 0 Å². The van der Waals surface area contributed by atoms with Crippen molar-refractivity contribution in [1.82, 2.24) is 24.8 Å². The molecule has 1 atom stereocenters. The molecular weight excluding hydrogens is 274 g/mol. The summed E-state index contributed by atoms with van der Waals surface area (Å²) in [6, 6.07) is 0. The lowest BCUT2D eigenvalue weighted by molar-refractivity contribution is 0.420. The van der Waals surface area contributed by atoms with E-state index in [4.69, 9.17) is 5.73 Å². The molecule has 0 aliphatic carbocycles. The normalized spacial score (nSPS) is 19.5. The quantitative estimate of drug-likeness (QED) is 0.875. The fourth-order valence-electron chi connectivity index (χ4n) is 2.55. The van der Waals surface area contributed by atoms with Crippen molar-refractivity contribution in [3.05, 3.63) is 5.69 Å². The van der Waals surface area contributed by atoms with E-state index >= 15 is 0 Å². The lowest BCUT2D eigenvalue weighted by Crippen LogP contribution is -2.38. The number of anilines is 1. The number of hydrogen-bond donors (Lipinski definition) is 2. The van der Waals surface area contributed by atoms with Gasteiger partial charge in [-0.05, 0) is 43.3 Å². The van der Waals surface area contributed by atoms with E-state index in [2.05, 4.69) is 36.6 Å². The molecule has 2 aromatic rings. The Morgan fingerprint density at radius 3 is 3.20 bits per heavy atom. The number of hydrogen-bond acceptors (Lipinski definition) is 7. The van der Waals surface area contributed by atoms with Gasteiger partial charge in [0.05, 0.1) is 5.69 Å². The number of aryl methyl sites for hydroxylation is 1. The predicted molar refractivity (Wildman–Crippen MR) is 78.7 cm³/mol. The van der Waals surface area contributed by atoms with Crippen molar-refractivity contribution in [2.24, 2.45) is 11.7 Å². The zero-order chi connectivity index (χ0) is 13.9. The van der Waals surface area contributed by atoms with Crippen LogP contribution in [0, 0.1) is 5.92 Å². The SMILES string of the molecule is CCc1nnsc1-c1nc(N2CCCC(CN)C2)n[nH]1. The lowest BCUT2D eigenvalue weighted by Gasteiger charge is -2.31. The molecule has 8 heteroatoms. The van der Waals surface area contributed by atoms with Crippen LogP contribution in [0.25, 0.3) is 10.7 Å². The maximum atomic E-state index is 5.77. The zero-order valence-corrected chi connectivity index (χ0v) is 12.4. The molecule has 1 saturated heterocycles. The second-order valence-electron chi connectivity index (χ2n) is 5.08. The summed E-state index contributed by atoms with van der Waals surface area (Å²) in [5, 5.41) is 11.5. The summed E-state index contributed by atoms with van der Waals surface area (Å²) >= 11 is 1.36. The molecule has 0 bridgehead atoms. The number of nitrogens with two attached hydrogens (primary N) is 1. The van der Waals surface area contributed by atoms with Crippen molar-refractivity contribution in [2.45, 2.75) is 26.2 Å². The minimum atomic E-state index is 0.543. The monoisotopic (exact) mass is 293 g/mol. The molecule has 20 heavy (non-hydrogen) atoms. The molecule has 108 valence electrons. The number of H-pyrrole nitrogens is 1. The molecule has 3 rings (SSSR count). The number of aromatic nitrogens is 5. The molecular formula is C12H19N7S. The molecule has 0 amide bonds. The number of rotatable bonds is 4. The highest BCUT2D eigenvalue weighted by Gasteiger charge is 2.22. The first kappa shape index (κ1) is 13.4. The molecule has 2 aromatic heterocycles. The Labute approximate surface area is 121 Å². The summed E-state index contributed by atoms with van der Waals surface area (Å²) in [5.74, 6) is 2.07. The summed E-state index contributed by atoms with van der Waals surface area (Å²) < 4.78 is 3.99. The Kier molecular flexibility index (Phi) is 3.93. The van der Waals surface area contributed by atoms with Crippen molar-refractivity contribution in [3.8, 4) is 10.7 Å². The molecule has 0 spiro atoms. The van der Waals surface area contributed by atoms with E-state index in [0.717, 1.165) is 54.8 Å². The molecule has 7 nitrogen and oxygen atoms in total. The maximum absolute atomic E-state index is 5.77. The molecule has 0 aromatic carbocycles. The molecule has 1 fully saturated rings. The lowest BCUT2D eigenvalue weighted by atomic mass is 9.99. The Morgan fingerprint density at radius 1 is 1.50 bits per heavy atom. The summed E-state index contributed by atoms with van der Waals surface area (Å²) in [7, 11) is 0. The molecule has 1 aliphatic heterocycles. The van der Waals surface area contributed by atoms with E-state index in [1.165, 1.54) is 18.0 Å². The van der Waals surface area contributed by atoms with E-state index in [1.54, 1.807) is 0 Å². The average Bonchev–Trinajstić information content (AvgIpc) is 3.15. The summed E-state index contributed by atoms with van der Waals surface area (Å²) in [6.07, 6.45) is 3.19. The fraction of sp³-hybridized carbons (Fsp3) is 0.667. The van der Waals surface area contributed by atoms with Gasteiger partial charge in [-0.15, -0.1) is 10.2 Å². The standard InChI is InChI=1S/C12H19N7S/c1-2-9-10(20-18-15-9)11-14-12(17-16-11)19-5-3-4-8(6-13)7-19/h8H,2-7,13H2,1H3,(H,14,16,17). The summed E-state index contributed by atoms with van der Waals surface area (Å²) in [6.45, 7) is 4.73. The molecule has 1 aliphatic rings. The fourth-order valence-corrected chi connectivity index (χ4v) is 3.24. The highest BCUT2D eigenvalue weighted by molar-refractivity contribution is 7.09. The Bertz CT molecular complexity index is 564. The van der Waals surface area contributed by atoms with E-state index in [1.807, 2.05) is 0 Å². The van der Waals surface area contributed by atoms with Crippen LogP contribution in [0.15, 0.2) is 0 Å². The number of nitrogens with zero attached hydrogens (tertiary/aromatic N) is 5. The smallest absolute Gasteiger partial charge is 0.245 e. The van der Waals surface area contributed by atoms with Crippen molar-refractivity contribution in [1.29, 1.82) is 0 Å². The van der Waals surface area contributed by atoms with Gasteiger partial charge in [-0.2, -0.15) is 4.98 Å². The van der Waals surface area contributed by atoms with Gasteiger partial charge in [-0.25, -0.2) is 0 Å². The van der Waals surface area contributed by atoms with Crippen LogP contribution in [0.4, 0.5) is 5.95 Å². The van der Waals surface area contributed by atoms with E-state index in [0.29, 0.717) is 5.92 Å². The van der Waals surface area contributed by atoms with Gasteiger partial charge in [0, 0.05) is 13.1 Å². The van der Waals surface area contributed by atoms with E-state index in [-0.39, 0.29) is 0 Å². The van der Waals surface area contributed by atoms with Gasteiger partial charge in [-0.1, -0.05) is 11.4 Å². The van der Waals surface area contributed by atoms with Crippen LogP contribution < -0.4 is 10.6 Å². The second-order valence-corrected chi connectivity index (χ2v) is 5.83. The molecule has 3 N–H and O–H groups in total. The second kappa shape index (κ2) is 5.84. The van der Waals surface area contributed by atoms with E-state index < -0.39 is 0 Å².